The zero-order valence-corrected chi connectivity index (χ0v) is 17.0. The van der Waals surface area contributed by atoms with Crippen molar-refractivity contribution in [2.24, 2.45) is 0 Å². The lowest BCUT2D eigenvalue weighted by molar-refractivity contribution is 0.0144. The highest BCUT2D eigenvalue weighted by Gasteiger charge is 2.26. The lowest BCUT2D eigenvalue weighted by atomic mass is 10.0. The Morgan fingerprint density at radius 1 is 1.06 bits per heavy atom. The number of nitriles is 1. The lowest BCUT2D eigenvalue weighted by Gasteiger charge is -2.33. The fourth-order valence-electron chi connectivity index (χ4n) is 4.01. The van der Waals surface area contributed by atoms with Crippen molar-refractivity contribution in [3.8, 4) is 17.5 Å². The molecule has 1 saturated heterocycles. The smallest absolute Gasteiger partial charge is 0.232 e. The molecule has 0 aliphatic carbocycles. The minimum Gasteiger partial charge on any atom is -0.468 e. The number of nitrogens with one attached hydrogen (secondary N) is 1. The second-order valence-corrected chi connectivity index (χ2v) is 7.40. The van der Waals surface area contributed by atoms with E-state index in [1.165, 1.54) is 0 Å². The molecule has 5 rings (SSSR count). The van der Waals surface area contributed by atoms with Crippen LogP contribution >= 0.6 is 0 Å². The van der Waals surface area contributed by atoms with Crippen LogP contribution in [0.3, 0.4) is 0 Å². The van der Waals surface area contributed by atoms with E-state index in [9.17, 15) is 5.26 Å². The maximum Gasteiger partial charge on any atom is 0.232 e. The Morgan fingerprint density at radius 2 is 1.90 bits per heavy atom. The van der Waals surface area contributed by atoms with Gasteiger partial charge < -0.3 is 18.9 Å². The zero-order chi connectivity index (χ0) is 21.0. The number of aromatic nitrogens is 1. The Hall–Kier alpha value is -3.60. The predicted molar refractivity (Wildman–Crippen MR) is 116 cm³/mol. The van der Waals surface area contributed by atoms with E-state index in [-0.39, 0.29) is 11.7 Å². The fourth-order valence-corrected chi connectivity index (χ4v) is 4.01. The largest absolute Gasteiger partial charge is 0.468 e. The molecule has 0 spiro atoms. The molecule has 2 aromatic carbocycles. The van der Waals surface area contributed by atoms with Gasteiger partial charge in [-0.05, 0) is 29.0 Å². The number of furan rings is 1. The van der Waals surface area contributed by atoms with Gasteiger partial charge >= 0.3 is 0 Å². The third-order valence-corrected chi connectivity index (χ3v) is 5.57. The summed E-state index contributed by atoms with van der Waals surface area (Å²) in [4.78, 5) is 6.76. The van der Waals surface area contributed by atoms with Gasteiger partial charge in [-0.2, -0.15) is 10.2 Å². The lowest BCUT2D eigenvalue weighted by Crippen LogP contribution is -2.41. The van der Waals surface area contributed by atoms with Crippen LogP contribution in [0.25, 0.3) is 22.2 Å². The first-order chi connectivity index (χ1) is 15.3. The fraction of sp³-hybridized carbons (Fsp3) is 0.250. The van der Waals surface area contributed by atoms with Crippen LogP contribution in [0.2, 0.25) is 0 Å². The van der Waals surface area contributed by atoms with Crippen molar-refractivity contribution in [3.63, 3.8) is 0 Å². The van der Waals surface area contributed by atoms with Crippen molar-refractivity contribution in [2.45, 2.75) is 6.04 Å². The number of ether oxygens (including phenoxy) is 1. The van der Waals surface area contributed by atoms with Crippen LogP contribution in [-0.2, 0) is 4.74 Å². The number of hydrogen-bond acceptors (Lipinski definition) is 7. The summed E-state index contributed by atoms with van der Waals surface area (Å²) in [6.45, 7) is 3.53. The van der Waals surface area contributed by atoms with Gasteiger partial charge in [-0.3, -0.25) is 4.90 Å². The molecule has 1 fully saturated rings. The summed E-state index contributed by atoms with van der Waals surface area (Å²) in [5.41, 5.74) is 1.10. The number of oxazole rings is 1. The molecule has 0 saturated carbocycles. The average Bonchev–Trinajstić information content (AvgIpc) is 3.50. The van der Waals surface area contributed by atoms with Crippen LogP contribution in [-0.4, -0.2) is 42.7 Å². The molecule has 7 nitrogen and oxygen atoms in total. The van der Waals surface area contributed by atoms with E-state index in [1.807, 2.05) is 54.6 Å². The summed E-state index contributed by atoms with van der Waals surface area (Å²) in [5, 5.41) is 15.1. The van der Waals surface area contributed by atoms with Crippen LogP contribution in [0.4, 0.5) is 5.88 Å². The highest BCUT2D eigenvalue weighted by molar-refractivity contribution is 5.94. The Kier molecular flexibility index (Phi) is 5.40. The summed E-state index contributed by atoms with van der Waals surface area (Å²) in [7, 11) is 0. The third-order valence-electron chi connectivity index (χ3n) is 5.57. The molecule has 1 aliphatic heterocycles. The maximum absolute atomic E-state index is 9.63. The molecular formula is C24H22N4O3. The number of anilines is 1. The number of fused-ring (bicyclic) bond motifs is 1. The third kappa shape index (κ3) is 3.91. The van der Waals surface area contributed by atoms with Gasteiger partial charge in [0.05, 0.1) is 25.5 Å². The highest BCUT2D eigenvalue weighted by Crippen LogP contribution is 2.32. The molecule has 0 radical (unpaired) electrons. The molecule has 156 valence electrons. The van der Waals surface area contributed by atoms with Crippen LogP contribution in [0.5, 0.6) is 0 Å². The van der Waals surface area contributed by atoms with Crippen molar-refractivity contribution in [2.75, 3.05) is 38.2 Å². The minimum absolute atomic E-state index is 0.00320. The summed E-state index contributed by atoms with van der Waals surface area (Å²) >= 11 is 0. The van der Waals surface area contributed by atoms with Gasteiger partial charge in [0.25, 0.3) is 0 Å². The van der Waals surface area contributed by atoms with E-state index >= 15 is 0 Å². The van der Waals surface area contributed by atoms with Gasteiger partial charge in [-0.1, -0.05) is 36.4 Å². The molecule has 0 unspecified atom stereocenters. The molecule has 3 heterocycles. The van der Waals surface area contributed by atoms with Gasteiger partial charge in [0.15, 0.2) is 0 Å². The Bertz CT molecular complexity index is 1200. The first-order valence-corrected chi connectivity index (χ1v) is 10.3. The van der Waals surface area contributed by atoms with E-state index in [2.05, 4.69) is 21.3 Å². The minimum atomic E-state index is -0.00320. The van der Waals surface area contributed by atoms with Crippen molar-refractivity contribution >= 4 is 16.7 Å². The summed E-state index contributed by atoms with van der Waals surface area (Å²) in [6.07, 6.45) is 1.68. The Balaban J connectivity index is 1.43. The quantitative estimate of drug-likeness (QED) is 0.499. The summed E-state index contributed by atoms with van der Waals surface area (Å²) in [5.74, 6) is 1.66. The number of benzene rings is 2. The second-order valence-electron chi connectivity index (χ2n) is 7.40. The molecule has 1 aliphatic rings. The van der Waals surface area contributed by atoms with E-state index in [0.717, 1.165) is 35.2 Å². The highest BCUT2D eigenvalue weighted by atomic mass is 16.5. The van der Waals surface area contributed by atoms with Gasteiger partial charge in [0.1, 0.15) is 11.8 Å². The summed E-state index contributed by atoms with van der Waals surface area (Å²) in [6, 6.07) is 20.0. The van der Waals surface area contributed by atoms with Crippen molar-refractivity contribution in [1.29, 1.82) is 5.26 Å². The van der Waals surface area contributed by atoms with Crippen LogP contribution in [0.15, 0.2) is 69.7 Å². The average molecular weight is 414 g/mol. The predicted octanol–water partition coefficient (Wildman–Crippen LogP) is 4.44. The molecule has 0 bridgehead atoms. The van der Waals surface area contributed by atoms with Gasteiger partial charge in [-0.25, -0.2) is 0 Å². The van der Waals surface area contributed by atoms with Crippen molar-refractivity contribution < 1.29 is 13.6 Å². The molecular weight excluding hydrogens is 392 g/mol. The van der Waals surface area contributed by atoms with E-state index in [1.54, 1.807) is 6.26 Å². The zero-order valence-electron chi connectivity index (χ0n) is 17.0. The van der Waals surface area contributed by atoms with Crippen molar-refractivity contribution in [1.82, 2.24) is 9.88 Å². The molecule has 4 aromatic rings. The summed E-state index contributed by atoms with van der Waals surface area (Å²) < 4.78 is 17.2. The molecule has 2 aromatic heterocycles. The Labute approximate surface area is 179 Å². The molecule has 31 heavy (non-hydrogen) atoms. The van der Waals surface area contributed by atoms with Gasteiger partial charge in [-0.15, -0.1) is 0 Å². The molecule has 0 amide bonds. The Morgan fingerprint density at radius 3 is 2.71 bits per heavy atom. The van der Waals surface area contributed by atoms with E-state index in [4.69, 9.17) is 13.6 Å². The van der Waals surface area contributed by atoms with Crippen molar-refractivity contribution in [3.05, 3.63) is 72.3 Å². The number of morpholine rings is 1. The van der Waals surface area contributed by atoms with Gasteiger partial charge in [0, 0.05) is 25.2 Å². The first-order valence-electron chi connectivity index (χ1n) is 10.3. The number of hydrogen-bond donors (Lipinski definition) is 1. The number of nitrogens with zero attached hydrogens (tertiary/aromatic N) is 3. The molecule has 1 N–H and O–H groups in total. The normalized spacial score (nSPS) is 15.6. The molecule has 1 atom stereocenters. The maximum atomic E-state index is 9.63. The number of rotatable bonds is 6. The second kappa shape index (κ2) is 8.64. The SMILES string of the molecule is N#Cc1nc(-c2cccc3ccccc23)oc1NC[C@H](c1ccco1)N1CCOCC1. The molecule has 7 heteroatoms. The van der Waals surface area contributed by atoms with Crippen LogP contribution in [0, 0.1) is 11.3 Å². The van der Waals surface area contributed by atoms with Crippen LogP contribution in [0.1, 0.15) is 17.5 Å². The monoisotopic (exact) mass is 414 g/mol. The van der Waals surface area contributed by atoms with Crippen LogP contribution < -0.4 is 5.32 Å². The topological polar surface area (TPSA) is 87.5 Å². The van der Waals surface area contributed by atoms with E-state index < -0.39 is 0 Å². The van der Waals surface area contributed by atoms with Gasteiger partial charge in [0.2, 0.25) is 17.5 Å². The standard InChI is InChI=1S/C24H22N4O3/c25-15-20-24(26-16-21(22-9-4-12-30-22)28-10-13-29-14-11-28)31-23(27-20)19-8-3-6-17-5-1-2-7-18(17)19/h1-9,12,21,26H,10-11,13-14,16H2/t21-/m1/s1. The van der Waals surface area contributed by atoms with E-state index in [0.29, 0.717) is 31.5 Å². The first kappa shape index (κ1) is 19.4.